The molecule has 1 aliphatic rings. The maximum absolute atomic E-state index is 12.4. The van der Waals surface area contributed by atoms with Gasteiger partial charge in [-0.3, -0.25) is 4.79 Å². The molecule has 132 valence electrons. The zero-order valence-electron chi connectivity index (χ0n) is 15.0. The van der Waals surface area contributed by atoms with Crippen LogP contribution in [0.25, 0.3) is 0 Å². The fourth-order valence-corrected chi connectivity index (χ4v) is 3.44. The average molecular weight is 332 g/mol. The molecule has 1 amide bonds. The lowest BCUT2D eigenvalue weighted by atomic mass is 9.67. The summed E-state index contributed by atoms with van der Waals surface area (Å²) in [4.78, 5) is 24.7. The summed E-state index contributed by atoms with van der Waals surface area (Å²) >= 11 is 0. The molecule has 0 saturated carbocycles. The van der Waals surface area contributed by atoms with Gasteiger partial charge >= 0.3 is 6.09 Å². The van der Waals surface area contributed by atoms with Crippen molar-refractivity contribution in [2.45, 2.75) is 57.6 Å². The zero-order valence-corrected chi connectivity index (χ0v) is 15.0. The molecule has 0 aromatic heterocycles. The summed E-state index contributed by atoms with van der Waals surface area (Å²) in [7, 11) is 0. The summed E-state index contributed by atoms with van der Waals surface area (Å²) in [6, 6.07) is 9.39. The predicted octanol–water partition coefficient (Wildman–Crippen LogP) is 2.79. The van der Waals surface area contributed by atoms with Gasteiger partial charge in [0.25, 0.3) is 0 Å². The number of carbonyl (C=O) groups is 2. The number of ketones is 1. The van der Waals surface area contributed by atoms with Gasteiger partial charge < -0.3 is 15.4 Å². The molecule has 2 rings (SSSR count). The van der Waals surface area contributed by atoms with E-state index in [0.717, 1.165) is 31.5 Å². The molecule has 1 fully saturated rings. The molecule has 1 heterocycles. The Balaban J connectivity index is 2.33. The number of nitrogens with one attached hydrogen (secondary N) is 2. The maximum Gasteiger partial charge on any atom is 0.408 e. The minimum absolute atomic E-state index is 0.0494. The first-order chi connectivity index (χ1) is 11.2. The average Bonchev–Trinajstić information content (AvgIpc) is 2.52. The summed E-state index contributed by atoms with van der Waals surface area (Å²) in [6.45, 7) is 8.60. The van der Waals surface area contributed by atoms with E-state index in [1.54, 1.807) is 0 Å². The number of ether oxygens (including phenoxy) is 1. The molecule has 0 spiro atoms. The predicted molar refractivity (Wildman–Crippen MR) is 94.1 cm³/mol. The Labute approximate surface area is 144 Å². The molecule has 1 unspecified atom stereocenters. The Bertz CT molecular complexity index is 572. The van der Waals surface area contributed by atoms with Crippen LogP contribution in [0.2, 0.25) is 0 Å². The van der Waals surface area contributed by atoms with Crippen LogP contribution in [0.15, 0.2) is 30.3 Å². The molecule has 0 aliphatic carbocycles. The standard InChI is InChI=1S/C19H28N2O3/c1-14(22)16(21-17(23)24-18(2,3)4)19(10-12-20-13-11-19)15-8-6-5-7-9-15/h5-9,16,20H,10-13H2,1-4H3,(H,21,23). The highest BCUT2D eigenvalue weighted by Crippen LogP contribution is 2.37. The van der Waals surface area contributed by atoms with Crippen molar-refractivity contribution in [3.05, 3.63) is 35.9 Å². The molecule has 1 aromatic carbocycles. The van der Waals surface area contributed by atoms with E-state index in [1.807, 2.05) is 51.1 Å². The largest absolute Gasteiger partial charge is 0.444 e. The topological polar surface area (TPSA) is 67.4 Å². The Hall–Kier alpha value is -1.88. The highest BCUT2D eigenvalue weighted by molar-refractivity contribution is 5.87. The van der Waals surface area contributed by atoms with E-state index in [4.69, 9.17) is 4.74 Å². The highest BCUT2D eigenvalue weighted by atomic mass is 16.6. The third-order valence-corrected chi connectivity index (χ3v) is 4.46. The van der Waals surface area contributed by atoms with Crippen LogP contribution in [-0.4, -0.2) is 36.6 Å². The van der Waals surface area contributed by atoms with E-state index in [2.05, 4.69) is 10.6 Å². The van der Waals surface area contributed by atoms with Crippen LogP contribution >= 0.6 is 0 Å². The van der Waals surface area contributed by atoms with Gasteiger partial charge in [-0.25, -0.2) is 4.79 Å². The first kappa shape index (κ1) is 18.5. The summed E-state index contributed by atoms with van der Waals surface area (Å²) < 4.78 is 5.37. The smallest absolute Gasteiger partial charge is 0.408 e. The summed E-state index contributed by atoms with van der Waals surface area (Å²) in [6.07, 6.45) is 1.03. The van der Waals surface area contributed by atoms with Crippen LogP contribution in [0.3, 0.4) is 0 Å². The molecule has 0 bridgehead atoms. The van der Waals surface area contributed by atoms with Gasteiger partial charge in [0.1, 0.15) is 11.6 Å². The van der Waals surface area contributed by atoms with Crippen molar-refractivity contribution in [1.29, 1.82) is 0 Å². The molecule has 1 saturated heterocycles. The van der Waals surface area contributed by atoms with E-state index in [-0.39, 0.29) is 5.78 Å². The fourth-order valence-electron chi connectivity index (χ4n) is 3.44. The summed E-state index contributed by atoms with van der Waals surface area (Å²) in [5.74, 6) is -0.0494. The number of piperidine rings is 1. The van der Waals surface area contributed by atoms with Gasteiger partial charge in [-0.05, 0) is 59.2 Å². The van der Waals surface area contributed by atoms with Gasteiger partial charge in [0.2, 0.25) is 0 Å². The first-order valence-electron chi connectivity index (χ1n) is 8.51. The van der Waals surface area contributed by atoms with E-state index in [0.29, 0.717) is 0 Å². The summed E-state index contributed by atoms with van der Waals surface area (Å²) in [5.41, 5.74) is 0.0806. The van der Waals surface area contributed by atoms with Crippen molar-refractivity contribution in [1.82, 2.24) is 10.6 Å². The highest BCUT2D eigenvalue weighted by Gasteiger charge is 2.45. The second-order valence-electron chi connectivity index (χ2n) is 7.46. The van der Waals surface area contributed by atoms with Gasteiger partial charge in [-0.1, -0.05) is 30.3 Å². The SMILES string of the molecule is CC(=O)C(NC(=O)OC(C)(C)C)C1(c2ccccc2)CCNCC1. The van der Waals surface area contributed by atoms with Crippen LogP contribution < -0.4 is 10.6 Å². The number of alkyl carbamates (subject to hydrolysis) is 1. The Morgan fingerprint density at radius 1 is 1.17 bits per heavy atom. The van der Waals surface area contributed by atoms with E-state index in [1.165, 1.54) is 6.92 Å². The van der Waals surface area contributed by atoms with E-state index < -0.39 is 23.2 Å². The fraction of sp³-hybridized carbons (Fsp3) is 0.579. The molecular weight excluding hydrogens is 304 g/mol. The molecule has 1 aromatic rings. The van der Waals surface area contributed by atoms with Crippen LogP contribution in [0.4, 0.5) is 4.79 Å². The lowest BCUT2D eigenvalue weighted by molar-refractivity contribution is -0.121. The van der Waals surface area contributed by atoms with Crippen molar-refractivity contribution < 1.29 is 14.3 Å². The van der Waals surface area contributed by atoms with Crippen molar-refractivity contribution in [2.24, 2.45) is 0 Å². The lowest BCUT2D eigenvalue weighted by Gasteiger charge is -2.43. The number of benzene rings is 1. The number of carbonyl (C=O) groups excluding carboxylic acids is 2. The number of amides is 1. The molecule has 1 aliphatic heterocycles. The maximum atomic E-state index is 12.4. The normalized spacial score (nSPS) is 18.5. The van der Waals surface area contributed by atoms with Crippen LogP contribution in [0.5, 0.6) is 0 Å². The minimum Gasteiger partial charge on any atom is -0.444 e. The molecule has 1 atom stereocenters. The van der Waals surface area contributed by atoms with Crippen molar-refractivity contribution in [3.63, 3.8) is 0 Å². The first-order valence-corrected chi connectivity index (χ1v) is 8.51. The van der Waals surface area contributed by atoms with Gasteiger partial charge in [-0.2, -0.15) is 0 Å². The molecule has 2 N–H and O–H groups in total. The van der Waals surface area contributed by atoms with Crippen LogP contribution in [-0.2, 0) is 14.9 Å². The van der Waals surface area contributed by atoms with E-state index in [9.17, 15) is 9.59 Å². The van der Waals surface area contributed by atoms with Gasteiger partial charge in [0, 0.05) is 5.41 Å². The summed E-state index contributed by atoms with van der Waals surface area (Å²) in [5, 5.41) is 6.18. The van der Waals surface area contributed by atoms with Gasteiger partial charge in [-0.15, -0.1) is 0 Å². The Kier molecular flexibility index (Phi) is 5.65. The van der Waals surface area contributed by atoms with Crippen molar-refractivity contribution in [3.8, 4) is 0 Å². The number of rotatable bonds is 4. The Morgan fingerprint density at radius 2 is 1.75 bits per heavy atom. The number of hydrogen-bond donors (Lipinski definition) is 2. The Morgan fingerprint density at radius 3 is 2.25 bits per heavy atom. The molecule has 0 radical (unpaired) electrons. The number of Topliss-reactive ketones (excluding diaryl/α,β-unsaturated/α-hetero) is 1. The van der Waals surface area contributed by atoms with Crippen molar-refractivity contribution >= 4 is 11.9 Å². The van der Waals surface area contributed by atoms with Crippen LogP contribution in [0, 0.1) is 0 Å². The molecule has 24 heavy (non-hydrogen) atoms. The van der Waals surface area contributed by atoms with Gasteiger partial charge in [0.15, 0.2) is 5.78 Å². The molecular formula is C19H28N2O3. The van der Waals surface area contributed by atoms with Crippen LogP contribution in [0.1, 0.15) is 46.1 Å². The monoisotopic (exact) mass is 332 g/mol. The van der Waals surface area contributed by atoms with E-state index >= 15 is 0 Å². The second kappa shape index (κ2) is 7.34. The second-order valence-corrected chi connectivity index (χ2v) is 7.46. The minimum atomic E-state index is -0.600. The third kappa shape index (κ3) is 4.35. The molecule has 5 nitrogen and oxygen atoms in total. The van der Waals surface area contributed by atoms with Crippen molar-refractivity contribution in [2.75, 3.05) is 13.1 Å². The quantitative estimate of drug-likeness (QED) is 0.890. The number of hydrogen-bond acceptors (Lipinski definition) is 4. The lowest BCUT2D eigenvalue weighted by Crippen LogP contribution is -2.58. The van der Waals surface area contributed by atoms with Gasteiger partial charge in [0.05, 0.1) is 0 Å². The zero-order chi connectivity index (χ0) is 17.8. The molecule has 5 heteroatoms. The third-order valence-electron chi connectivity index (χ3n) is 4.46.